The zero-order valence-electron chi connectivity index (χ0n) is 12.1. The summed E-state index contributed by atoms with van der Waals surface area (Å²) in [6.45, 7) is 1.82. The van der Waals surface area contributed by atoms with Gasteiger partial charge >= 0.3 is 0 Å². The maximum atomic E-state index is 12.3. The molecular weight excluding hydrogens is 380 g/mol. The third-order valence-electron chi connectivity index (χ3n) is 3.10. The van der Waals surface area contributed by atoms with Gasteiger partial charge in [-0.2, -0.15) is 5.26 Å². The molecule has 0 radical (unpaired) electrons. The minimum Gasteiger partial charge on any atom is -0.507 e. The van der Waals surface area contributed by atoms with Crippen molar-refractivity contribution >= 4 is 45.2 Å². The molecule has 1 amide bonds. The predicted molar refractivity (Wildman–Crippen MR) is 94.2 cm³/mol. The summed E-state index contributed by atoms with van der Waals surface area (Å²) in [4.78, 5) is 12.3. The van der Waals surface area contributed by atoms with Crippen LogP contribution >= 0.6 is 27.5 Å². The second kappa shape index (κ2) is 7.32. The topological polar surface area (TPSA) is 73.1 Å². The molecule has 116 valence electrons. The number of nitrogens with one attached hydrogen (secondary N) is 1. The number of carbonyl (C=O) groups excluding carboxylic acids is 1. The van der Waals surface area contributed by atoms with Crippen LogP contribution in [0.1, 0.15) is 11.1 Å². The number of hydrogen-bond acceptors (Lipinski definition) is 3. The maximum Gasteiger partial charge on any atom is 0.266 e. The Hall–Kier alpha value is -2.29. The highest BCUT2D eigenvalue weighted by Crippen LogP contribution is 2.25. The number of aromatic hydroxyl groups is 1. The molecule has 0 atom stereocenters. The summed E-state index contributed by atoms with van der Waals surface area (Å²) >= 11 is 9.19. The van der Waals surface area contributed by atoms with Crippen molar-refractivity contribution in [3.05, 3.63) is 62.6 Å². The quantitative estimate of drug-likeness (QED) is 0.590. The Labute approximate surface area is 147 Å². The fourth-order valence-corrected chi connectivity index (χ4v) is 2.41. The van der Waals surface area contributed by atoms with Gasteiger partial charge in [-0.3, -0.25) is 4.79 Å². The number of phenols is 1. The largest absolute Gasteiger partial charge is 0.507 e. The van der Waals surface area contributed by atoms with Crippen LogP contribution in [0.25, 0.3) is 6.08 Å². The molecule has 0 spiro atoms. The van der Waals surface area contributed by atoms with Gasteiger partial charge in [-0.15, -0.1) is 0 Å². The Kier molecular flexibility index (Phi) is 5.43. The van der Waals surface area contributed by atoms with Gasteiger partial charge in [0, 0.05) is 20.7 Å². The average Bonchev–Trinajstić information content (AvgIpc) is 2.51. The molecule has 0 aliphatic heterocycles. The predicted octanol–water partition coefficient (Wildman–Crippen LogP) is 4.66. The summed E-state index contributed by atoms with van der Waals surface area (Å²) in [6, 6.07) is 11.7. The van der Waals surface area contributed by atoms with Gasteiger partial charge in [-0.05, 0) is 48.9 Å². The lowest BCUT2D eigenvalue weighted by molar-refractivity contribution is -0.112. The Morgan fingerprint density at radius 3 is 2.78 bits per heavy atom. The molecule has 0 heterocycles. The van der Waals surface area contributed by atoms with Gasteiger partial charge in [-0.1, -0.05) is 33.6 Å². The van der Waals surface area contributed by atoms with E-state index in [0.29, 0.717) is 16.3 Å². The summed E-state index contributed by atoms with van der Waals surface area (Å²) in [5.74, 6) is -0.593. The zero-order valence-corrected chi connectivity index (χ0v) is 14.4. The van der Waals surface area contributed by atoms with E-state index in [1.807, 2.05) is 13.0 Å². The summed E-state index contributed by atoms with van der Waals surface area (Å²) in [5.41, 5.74) is 1.60. The van der Waals surface area contributed by atoms with Crippen LogP contribution < -0.4 is 5.32 Å². The van der Waals surface area contributed by atoms with Crippen LogP contribution in [0.15, 0.2) is 46.4 Å². The van der Waals surface area contributed by atoms with Crippen molar-refractivity contribution in [3.63, 3.8) is 0 Å². The van der Waals surface area contributed by atoms with Gasteiger partial charge in [0.15, 0.2) is 0 Å². The molecule has 2 aromatic rings. The number of halogens is 2. The SMILES string of the molecule is Cc1ccc(Cl)cc1NC(=O)/C(C#N)=C/c1cc(Br)ccc1O. The fourth-order valence-electron chi connectivity index (χ4n) is 1.86. The van der Waals surface area contributed by atoms with Gasteiger partial charge in [0.05, 0.1) is 0 Å². The molecule has 2 aromatic carbocycles. The zero-order chi connectivity index (χ0) is 17.0. The summed E-state index contributed by atoms with van der Waals surface area (Å²) < 4.78 is 0.727. The van der Waals surface area contributed by atoms with Gasteiger partial charge in [-0.25, -0.2) is 0 Å². The molecule has 0 aliphatic rings. The molecule has 0 fully saturated rings. The lowest BCUT2D eigenvalue weighted by Crippen LogP contribution is -2.14. The van der Waals surface area contributed by atoms with E-state index >= 15 is 0 Å². The van der Waals surface area contributed by atoms with Crippen molar-refractivity contribution in [2.45, 2.75) is 6.92 Å². The van der Waals surface area contributed by atoms with Crippen molar-refractivity contribution in [1.82, 2.24) is 0 Å². The van der Waals surface area contributed by atoms with Crippen LogP contribution in [0.3, 0.4) is 0 Å². The van der Waals surface area contributed by atoms with Crippen LogP contribution in [-0.2, 0) is 4.79 Å². The standard InChI is InChI=1S/C17H12BrClN2O2/c1-10-2-4-14(19)8-15(10)21-17(23)12(9-20)6-11-7-13(18)3-5-16(11)22/h2-8,22H,1H3,(H,21,23)/b12-6+. The summed E-state index contributed by atoms with van der Waals surface area (Å²) in [5, 5.41) is 22.2. The van der Waals surface area contributed by atoms with E-state index in [9.17, 15) is 15.2 Å². The number of hydrogen-bond donors (Lipinski definition) is 2. The molecule has 0 bridgehead atoms. The van der Waals surface area contributed by atoms with Gasteiger partial charge < -0.3 is 10.4 Å². The number of anilines is 1. The lowest BCUT2D eigenvalue weighted by atomic mass is 10.1. The Morgan fingerprint density at radius 2 is 2.09 bits per heavy atom. The van der Waals surface area contributed by atoms with E-state index in [-0.39, 0.29) is 11.3 Å². The van der Waals surface area contributed by atoms with Crippen molar-refractivity contribution in [2.24, 2.45) is 0 Å². The summed E-state index contributed by atoms with van der Waals surface area (Å²) in [6.07, 6.45) is 1.33. The van der Waals surface area contributed by atoms with Gasteiger partial charge in [0.2, 0.25) is 0 Å². The van der Waals surface area contributed by atoms with Crippen LogP contribution in [0.2, 0.25) is 5.02 Å². The molecule has 0 aliphatic carbocycles. The Morgan fingerprint density at radius 1 is 1.35 bits per heavy atom. The first-order chi connectivity index (χ1) is 10.9. The van der Waals surface area contributed by atoms with Crippen molar-refractivity contribution in [3.8, 4) is 11.8 Å². The molecule has 0 aromatic heterocycles. The molecule has 0 saturated heterocycles. The molecule has 4 nitrogen and oxygen atoms in total. The van der Waals surface area contributed by atoms with E-state index in [2.05, 4.69) is 21.2 Å². The van der Waals surface area contributed by atoms with Crippen molar-refractivity contribution in [1.29, 1.82) is 5.26 Å². The molecule has 6 heteroatoms. The molecule has 23 heavy (non-hydrogen) atoms. The highest BCUT2D eigenvalue weighted by Gasteiger charge is 2.12. The fraction of sp³-hybridized carbons (Fsp3) is 0.0588. The first-order valence-electron chi connectivity index (χ1n) is 6.58. The smallest absolute Gasteiger partial charge is 0.266 e. The minimum absolute atomic E-state index is 0.0207. The highest BCUT2D eigenvalue weighted by molar-refractivity contribution is 9.10. The van der Waals surface area contributed by atoms with E-state index in [4.69, 9.17) is 11.6 Å². The second-order valence-corrected chi connectivity index (χ2v) is 6.14. The number of benzene rings is 2. The van der Waals surface area contributed by atoms with E-state index in [1.165, 1.54) is 12.1 Å². The normalized spacial score (nSPS) is 11.0. The molecule has 0 saturated carbocycles. The Bertz CT molecular complexity index is 841. The molecule has 2 N–H and O–H groups in total. The first-order valence-corrected chi connectivity index (χ1v) is 7.75. The molecular formula is C17H12BrClN2O2. The molecule has 2 rings (SSSR count). The number of nitriles is 1. The highest BCUT2D eigenvalue weighted by atomic mass is 79.9. The third-order valence-corrected chi connectivity index (χ3v) is 3.83. The van der Waals surface area contributed by atoms with Crippen molar-refractivity contribution < 1.29 is 9.90 Å². The maximum absolute atomic E-state index is 12.3. The summed E-state index contributed by atoms with van der Waals surface area (Å²) in [7, 11) is 0. The number of rotatable bonds is 3. The van der Waals surface area contributed by atoms with Crippen LogP contribution in [-0.4, -0.2) is 11.0 Å². The lowest BCUT2D eigenvalue weighted by Gasteiger charge is -2.08. The number of amides is 1. The number of nitrogens with zero attached hydrogens (tertiary/aromatic N) is 1. The van der Waals surface area contributed by atoms with Crippen LogP contribution in [0.5, 0.6) is 5.75 Å². The first kappa shape index (κ1) is 17.1. The number of carbonyl (C=O) groups is 1. The van der Waals surface area contributed by atoms with Crippen molar-refractivity contribution in [2.75, 3.05) is 5.32 Å². The average molecular weight is 392 g/mol. The second-order valence-electron chi connectivity index (χ2n) is 4.79. The monoisotopic (exact) mass is 390 g/mol. The van der Waals surface area contributed by atoms with E-state index in [1.54, 1.807) is 30.3 Å². The van der Waals surface area contributed by atoms with Crippen LogP contribution in [0.4, 0.5) is 5.69 Å². The number of phenolic OH excluding ortho intramolecular Hbond substituents is 1. The van der Waals surface area contributed by atoms with Gasteiger partial charge in [0.25, 0.3) is 5.91 Å². The third kappa shape index (κ3) is 4.35. The Balaban J connectivity index is 2.32. The van der Waals surface area contributed by atoms with E-state index < -0.39 is 5.91 Å². The van der Waals surface area contributed by atoms with Crippen LogP contribution in [0, 0.1) is 18.3 Å². The number of aryl methyl sites for hydroxylation is 1. The van der Waals surface area contributed by atoms with Gasteiger partial charge in [0.1, 0.15) is 17.4 Å². The van der Waals surface area contributed by atoms with E-state index in [0.717, 1.165) is 10.0 Å². The molecule has 0 unspecified atom stereocenters. The minimum atomic E-state index is -0.572.